The number of hydrogen-bond acceptors (Lipinski definition) is 4. The second-order valence-corrected chi connectivity index (χ2v) is 6.21. The minimum absolute atomic E-state index is 0.0307. The van der Waals surface area contributed by atoms with Crippen LogP contribution in [-0.4, -0.2) is 30.2 Å². The summed E-state index contributed by atoms with van der Waals surface area (Å²) in [4.78, 5) is 17.9. The molecule has 1 aliphatic heterocycles. The van der Waals surface area contributed by atoms with Gasteiger partial charge in [0.25, 0.3) is 5.91 Å². The molecule has 0 saturated carbocycles. The van der Waals surface area contributed by atoms with E-state index in [0.29, 0.717) is 12.1 Å². The van der Waals surface area contributed by atoms with Gasteiger partial charge in [-0.2, -0.15) is 5.26 Å². The third-order valence-corrected chi connectivity index (χ3v) is 4.29. The van der Waals surface area contributed by atoms with E-state index in [4.69, 9.17) is 11.0 Å². The van der Waals surface area contributed by atoms with Crippen molar-refractivity contribution in [3.05, 3.63) is 59.7 Å². The second-order valence-electron chi connectivity index (χ2n) is 6.21. The lowest BCUT2D eigenvalue weighted by molar-refractivity contribution is -0.124. The average Bonchev–Trinajstić information content (AvgIpc) is 2.60. The van der Waals surface area contributed by atoms with Crippen LogP contribution < -0.4 is 5.73 Å². The fourth-order valence-electron chi connectivity index (χ4n) is 3.04. The maximum atomic E-state index is 11.8. The number of amidine groups is 1. The van der Waals surface area contributed by atoms with Gasteiger partial charge in [-0.15, -0.1) is 0 Å². The molecule has 1 aliphatic rings. The highest BCUT2D eigenvalue weighted by atomic mass is 16.2. The summed E-state index contributed by atoms with van der Waals surface area (Å²) in [7, 11) is 1.72. The number of nitrogens with zero attached hydrogens (tertiary/aromatic N) is 3. The molecule has 24 heavy (non-hydrogen) atoms. The average molecular weight is 318 g/mol. The zero-order valence-corrected chi connectivity index (χ0v) is 13.7. The monoisotopic (exact) mass is 318 g/mol. The first-order valence-corrected chi connectivity index (χ1v) is 7.65. The van der Waals surface area contributed by atoms with Crippen LogP contribution in [0.4, 0.5) is 0 Å². The van der Waals surface area contributed by atoms with E-state index in [9.17, 15) is 4.79 Å². The molecule has 0 spiro atoms. The summed E-state index contributed by atoms with van der Waals surface area (Å²) < 4.78 is 0. The molecular weight excluding hydrogens is 300 g/mol. The highest BCUT2D eigenvalue weighted by Gasteiger charge is 2.35. The fraction of sp³-hybridized carbons (Fsp3) is 0.211. The van der Waals surface area contributed by atoms with E-state index >= 15 is 0 Å². The lowest BCUT2D eigenvalue weighted by atomic mass is 9.88. The first-order chi connectivity index (χ1) is 11.4. The number of hydrogen-bond donors (Lipinski definition) is 1. The molecule has 1 unspecified atom stereocenters. The number of nitrogens with two attached hydrogens (primary N) is 1. The van der Waals surface area contributed by atoms with E-state index in [1.165, 1.54) is 0 Å². The van der Waals surface area contributed by atoms with Crippen molar-refractivity contribution in [1.82, 2.24) is 4.90 Å². The zero-order valence-electron chi connectivity index (χ0n) is 13.7. The van der Waals surface area contributed by atoms with E-state index in [-0.39, 0.29) is 11.7 Å². The van der Waals surface area contributed by atoms with Crippen LogP contribution in [0.2, 0.25) is 0 Å². The predicted octanol–water partition coefficient (Wildman–Crippen LogP) is 2.27. The predicted molar refractivity (Wildman–Crippen MR) is 93.2 cm³/mol. The van der Waals surface area contributed by atoms with Crippen LogP contribution in [0.3, 0.4) is 0 Å². The van der Waals surface area contributed by atoms with Crippen LogP contribution in [-0.2, 0) is 10.3 Å². The molecular formula is C19H18N4O. The van der Waals surface area contributed by atoms with Gasteiger partial charge in [0.2, 0.25) is 0 Å². The standard InChI is InChI=1S/C19H18N4O/c1-19(12-23(2)18(24)17(21)22-19)16-8-4-7-15(10-16)14-6-3-5-13(9-14)11-20/h3-10H,12H2,1-2H3,(H2,21,22). The van der Waals surface area contributed by atoms with Crippen molar-refractivity contribution in [3.63, 3.8) is 0 Å². The van der Waals surface area contributed by atoms with Crippen LogP contribution >= 0.6 is 0 Å². The molecule has 1 heterocycles. The molecule has 0 fully saturated rings. The molecule has 1 amide bonds. The smallest absolute Gasteiger partial charge is 0.288 e. The van der Waals surface area contributed by atoms with Crippen molar-refractivity contribution >= 4 is 11.7 Å². The summed E-state index contributed by atoms with van der Waals surface area (Å²) in [5, 5.41) is 9.07. The van der Waals surface area contributed by atoms with E-state index in [0.717, 1.165) is 16.7 Å². The Hall–Kier alpha value is -3.13. The van der Waals surface area contributed by atoms with Gasteiger partial charge in [-0.05, 0) is 41.8 Å². The van der Waals surface area contributed by atoms with Crippen LogP contribution in [0.25, 0.3) is 11.1 Å². The molecule has 120 valence electrons. The van der Waals surface area contributed by atoms with Gasteiger partial charge >= 0.3 is 0 Å². The van der Waals surface area contributed by atoms with Crippen LogP contribution in [0, 0.1) is 11.3 Å². The van der Waals surface area contributed by atoms with Crippen molar-refractivity contribution in [1.29, 1.82) is 5.26 Å². The number of benzene rings is 2. The maximum Gasteiger partial charge on any atom is 0.288 e. The quantitative estimate of drug-likeness (QED) is 0.922. The fourth-order valence-corrected chi connectivity index (χ4v) is 3.04. The largest absolute Gasteiger partial charge is 0.379 e. The maximum absolute atomic E-state index is 11.8. The lowest BCUT2D eigenvalue weighted by Gasteiger charge is -2.35. The Bertz CT molecular complexity index is 881. The Morgan fingerprint density at radius 1 is 1.21 bits per heavy atom. The minimum atomic E-state index is -0.588. The number of aliphatic imine (C=N–C) groups is 1. The molecule has 0 radical (unpaired) electrons. The molecule has 5 heteroatoms. The number of carbonyl (C=O) groups is 1. The SMILES string of the molecule is CN1CC(C)(c2cccc(-c3cccc(C#N)c3)c2)N=C(N)C1=O. The summed E-state index contributed by atoms with van der Waals surface area (Å²) >= 11 is 0. The zero-order chi connectivity index (χ0) is 17.3. The first-order valence-electron chi connectivity index (χ1n) is 7.65. The molecule has 1 atom stereocenters. The van der Waals surface area contributed by atoms with Crippen molar-refractivity contribution in [3.8, 4) is 17.2 Å². The van der Waals surface area contributed by atoms with Crippen molar-refractivity contribution in [2.45, 2.75) is 12.5 Å². The molecule has 0 saturated heterocycles. The van der Waals surface area contributed by atoms with Crippen LogP contribution in [0.1, 0.15) is 18.1 Å². The highest BCUT2D eigenvalue weighted by Crippen LogP contribution is 2.32. The van der Waals surface area contributed by atoms with Gasteiger partial charge in [0.15, 0.2) is 5.84 Å². The van der Waals surface area contributed by atoms with Gasteiger partial charge in [0, 0.05) is 13.6 Å². The molecule has 0 aromatic heterocycles. The van der Waals surface area contributed by atoms with Gasteiger partial charge in [-0.1, -0.05) is 30.3 Å². The summed E-state index contributed by atoms with van der Waals surface area (Å²) in [5.41, 5.74) is 8.77. The van der Waals surface area contributed by atoms with E-state index in [1.54, 1.807) is 18.0 Å². The number of likely N-dealkylation sites (N-methyl/N-ethyl adjacent to an activating group) is 1. The molecule has 2 aromatic rings. The molecule has 0 bridgehead atoms. The number of rotatable bonds is 2. The summed E-state index contributed by atoms with van der Waals surface area (Å²) in [6, 6.07) is 17.6. The van der Waals surface area contributed by atoms with E-state index < -0.39 is 5.54 Å². The minimum Gasteiger partial charge on any atom is -0.379 e. The van der Waals surface area contributed by atoms with Crippen molar-refractivity contribution < 1.29 is 4.79 Å². The van der Waals surface area contributed by atoms with Crippen molar-refractivity contribution in [2.75, 3.05) is 13.6 Å². The summed E-state index contributed by atoms with van der Waals surface area (Å²) in [5.74, 6) is -0.214. The Morgan fingerprint density at radius 2 is 1.88 bits per heavy atom. The van der Waals surface area contributed by atoms with Gasteiger partial charge in [0.1, 0.15) is 5.54 Å². The third-order valence-electron chi connectivity index (χ3n) is 4.29. The lowest BCUT2D eigenvalue weighted by Crippen LogP contribution is -2.50. The van der Waals surface area contributed by atoms with Crippen LogP contribution in [0.5, 0.6) is 0 Å². The van der Waals surface area contributed by atoms with Gasteiger partial charge in [0.05, 0.1) is 11.6 Å². The summed E-state index contributed by atoms with van der Waals surface area (Å²) in [6.45, 7) is 2.43. The van der Waals surface area contributed by atoms with E-state index in [2.05, 4.69) is 11.1 Å². The topological polar surface area (TPSA) is 82.5 Å². The third kappa shape index (κ3) is 2.74. The normalized spacial score (nSPS) is 20.5. The molecule has 2 N–H and O–H groups in total. The molecule has 3 rings (SSSR count). The van der Waals surface area contributed by atoms with Gasteiger partial charge in [-0.25, -0.2) is 0 Å². The Kier molecular flexibility index (Phi) is 3.82. The number of nitriles is 1. The number of amides is 1. The van der Waals surface area contributed by atoms with Crippen molar-refractivity contribution in [2.24, 2.45) is 10.7 Å². The van der Waals surface area contributed by atoms with Crippen LogP contribution in [0.15, 0.2) is 53.5 Å². The molecule has 2 aromatic carbocycles. The second kappa shape index (κ2) is 5.82. The van der Waals surface area contributed by atoms with Gasteiger partial charge in [-0.3, -0.25) is 9.79 Å². The van der Waals surface area contributed by atoms with Gasteiger partial charge < -0.3 is 10.6 Å². The molecule has 0 aliphatic carbocycles. The molecule has 5 nitrogen and oxygen atoms in total. The Labute approximate surface area is 141 Å². The Balaban J connectivity index is 2.05. The van der Waals surface area contributed by atoms with E-state index in [1.807, 2.05) is 49.4 Å². The summed E-state index contributed by atoms with van der Waals surface area (Å²) in [6.07, 6.45) is 0. The first kappa shape index (κ1) is 15.8. The highest BCUT2D eigenvalue weighted by molar-refractivity contribution is 6.37. The Morgan fingerprint density at radius 3 is 2.54 bits per heavy atom. The number of carbonyl (C=O) groups excluding carboxylic acids is 1.